The van der Waals surface area contributed by atoms with Gasteiger partial charge in [0.2, 0.25) is 5.91 Å². The van der Waals surface area contributed by atoms with Gasteiger partial charge in [-0.25, -0.2) is 5.43 Å². The van der Waals surface area contributed by atoms with Crippen LogP contribution >= 0.6 is 15.9 Å². The van der Waals surface area contributed by atoms with Crippen molar-refractivity contribution < 1.29 is 14.3 Å². The molecule has 0 fully saturated rings. The zero-order valence-corrected chi connectivity index (χ0v) is 15.4. The Morgan fingerprint density at radius 2 is 1.83 bits per heavy atom. The fourth-order valence-corrected chi connectivity index (χ4v) is 2.40. The summed E-state index contributed by atoms with van der Waals surface area (Å²) in [5, 5.41) is 4.16. The SMILES string of the molecule is COc1ccc(/C(C)=N/NC(=O)Cc2ccc(Br)cc2)c(OC)c1. The molecule has 0 aromatic heterocycles. The summed E-state index contributed by atoms with van der Waals surface area (Å²) < 4.78 is 11.5. The lowest BCUT2D eigenvalue weighted by molar-refractivity contribution is -0.120. The van der Waals surface area contributed by atoms with Crippen LogP contribution in [-0.4, -0.2) is 25.8 Å². The van der Waals surface area contributed by atoms with Gasteiger partial charge in [-0.2, -0.15) is 5.10 Å². The Hall–Kier alpha value is -2.34. The Bertz CT molecular complexity index is 742. The lowest BCUT2D eigenvalue weighted by Crippen LogP contribution is -2.21. The normalized spacial score (nSPS) is 11.1. The van der Waals surface area contributed by atoms with E-state index in [1.165, 1.54) is 0 Å². The van der Waals surface area contributed by atoms with Gasteiger partial charge in [-0.15, -0.1) is 0 Å². The number of hydrazone groups is 1. The lowest BCUT2D eigenvalue weighted by Gasteiger charge is -2.10. The fraction of sp³-hybridized carbons (Fsp3) is 0.222. The zero-order chi connectivity index (χ0) is 17.5. The number of hydrogen-bond donors (Lipinski definition) is 1. The van der Waals surface area contributed by atoms with Gasteiger partial charge < -0.3 is 9.47 Å². The minimum atomic E-state index is -0.177. The van der Waals surface area contributed by atoms with E-state index >= 15 is 0 Å². The van der Waals surface area contributed by atoms with E-state index in [1.807, 2.05) is 43.3 Å². The van der Waals surface area contributed by atoms with E-state index in [2.05, 4.69) is 26.5 Å². The molecule has 0 bridgehead atoms. The van der Waals surface area contributed by atoms with Gasteiger partial charge in [0, 0.05) is 16.1 Å². The molecule has 0 heterocycles. The van der Waals surface area contributed by atoms with Crippen LogP contribution in [-0.2, 0) is 11.2 Å². The molecule has 0 atom stereocenters. The van der Waals surface area contributed by atoms with E-state index in [1.54, 1.807) is 20.3 Å². The highest BCUT2D eigenvalue weighted by Gasteiger charge is 2.09. The minimum absolute atomic E-state index is 0.177. The molecule has 1 amide bonds. The summed E-state index contributed by atoms with van der Waals surface area (Å²) in [5.41, 5.74) is 4.94. The molecule has 0 unspecified atom stereocenters. The second-order valence-electron chi connectivity index (χ2n) is 5.10. The van der Waals surface area contributed by atoms with E-state index < -0.39 is 0 Å². The highest BCUT2D eigenvalue weighted by molar-refractivity contribution is 9.10. The van der Waals surface area contributed by atoms with Crippen molar-refractivity contribution in [2.24, 2.45) is 5.10 Å². The van der Waals surface area contributed by atoms with Crippen molar-refractivity contribution in [3.05, 3.63) is 58.1 Å². The van der Waals surface area contributed by atoms with Gasteiger partial charge >= 0.3 is 0 Å². The van der Waals surface area contributed by atoms with Gasteiger partial charge in [0.15, 0.2) is 0 Å². The van der Waals surface area contributed by atoms with E-state index in [-0.39, 0.29) is 12.3 Å². The number of carbonyl (C=O) groups excluding carboxylic acids is 1. The first kappa shape index (κ1) is 18.0. The van der Waals surface area contributed by atoms with Crippen LogP contribution in [0.2, 0.25) is 0 Å². The van der Waals surface area contributed by atoms with Gasteiger partial charge in [0.05, 0.1) is 26.4 Å². The third-order valence-electron chi connectivity index (χ3n) is 3.42. The van der Waals surface area contributed by atoms with Crippen LogP contribution in [0.1, 0.15) is 18.1 Å². The van der Waals surface area contributed by atoms with Crippen molar-refractivity contribution in [3.8, 4) is 11.5 Å². The predicted octanol–water partition coefficient (Wildman–Crippen LogP) is 3.55. The maximum Gasteiger partial charge on any atom is 0.244 e. The lowest BCUT2D eigenvalue weighted by atomic mass is 10.1. The smallest absolute Gasteiger partial charge is 0.244 e. The summed E-state index contributed by atoms with van der Waals surface area (Å²) in [5.74, 6) is 1.16. The summed E-state index contributed by atoms with van der Waals surface area (Å²) in [7, 11) is 3.18. The van der Waals surface area contributed by atoms with Crippen LogP contribution in [0, 0.1) is 0 Å². The van der Waals surface area contributed by atoms with Crippen LogP contribution in [0.15, 0.2) is 52.0 Å². The van der Waals surface area contributed by atoms with Gasteiger partial charge in [-0.3, -0.25) is 4.79 Å². The van der Waals surface area contributed by atoms with Gasteiger partial charge in [0.25, 0.3) is 0 Å². The van der Waals surface area contributed by atoms with Gasteiger partial charge in [0.1, 0.15) is 11.5 Å². The number of halogens is 1. The molecule has 0 radical (unpaired) electrons. The van der Waals surface area contributed by atoms with Crippen LogP contribution < -0.4 is 14.9 Å². The average Bonchev–Trinajstić information content (AvgIpc) is 2.61. The largest absolute Gasteiger partial charge is 0.497 e. The Morgan fingerprint density at radius 3 is 2.46 bits per heavy atom. The predicted molar refractivity (Wildman–Crippen MR) is 97.7 cm³/mol. The maximum absolute atomic E-state index is 12.0. The number of methoxy groups -OCH3 is 2. The summed E-state index contributed by atoms with van der Waals surface area (Å²) in [6.07, 6.45) is 0.268. The first-order chi connectivity index (χ1) is 11.5. The molecule has 6 heteroatoms. The molecular weight excluding hydrogens is 372 g/mol. The van der Waals surface area contributed by atoms with Crippen molar-refractivity contribution in [1.29, 1.82) is 0 Å². The Labute approximate surface area is 149 Å². The number of nitrogens with one attached hydrogen (secondary N) is 1. The number of ether oxygens (including phenoxy) is 2. The van der Waals surface area contributed by atoms with Crippen molar-refractivity contribution in [3.63, 3.8) is 0 Å². The fourth-order valence-electron chi connectivity index (χ4n) is 2.13. The molecule has 2 rings (SSSR count). The van der Waals surface area contributed by atoms with Crippen molar-refractivity contribution in [1.82, 2.24) is 5.43 Å². The van der Waals surface area contributed by atoms with E-state index in [4.69, 9.17) is 9.47 Å². The molecule has 24 heavy (non-hydrogen) atoms. The summed E-state index contributed by atoms with van der Waals surface area (Å²) in [6, 6.07) is 13.0. The van der Waals surface area contributed by atoms with Crippen LogP contribution in [0.4, 0.5) is 0 Å². The molecule has 0 aliphatic rings. The van der Waals surface area contributed by atoms with Gasteiger partial charge in [-0.1, -0.05) is 28.1 Å². The molecule has 0 spiro atoms. The van der Waals surface area contributed by atoms with Crippen LogP contribution in [0.5, 0.6) is 11.5 Å². The quantitative estimate of drug-likeness (QED) is 0.605. The van der Waals surface area contributed by atoms with E-state index in [0.29, 0.717) is 17.2 Å². The Balaban J connectivity index is 2.05. The first-order valence-corrected chi connectivity index (χ1v) is 8.12. The standard InChI is InChI=1S/C18H19BrN2O3/c1-12(16-9-8-15(23-2)11-17(16)24-3)20-21-18(22)10-13-4-6-14(19)7-5-13/h4-9,11H,10H2,1-3H3,(H,21,22)/b20-12+. The molecule has 2 aromatic carbocycles. The second kappa shape index (κ2) is 8.49. The third kappa shape index (κ3) is 4.83. The van der Waals surface area contributed by atoms with Crippen LogP contribution in [0.25, 0.3) is 0 Å². The molecule has 5 nitrogen and oxygen atoms in total. The highest BCUT2D eigenvalue weighted by Crippen LogP contribution is 2.25. The number of amides is 1. The molecule has 0 aliphatic heterocycles. The molecule has 126 valence electrons. The Kier molecular flexibility index (Phi) is 6.37. The molecule has 0 aliphatic carbocycles. The monoisotopic (exact) mass is 390 g/mol. The number of benzene rings is 2. The minimum Gasteiger partial charge on any atom is -0.497 e. The van der Waals surface area contributed by atoms with Crippen LogP contribution in [0.3, 0.4) is 0 Å². The first-order valence-electron chi connectivity index (χ1n) is 7.33. The number of nitrogens with zero attached hydrogens (tertiary/aromatic N) is 1. The second-order valence-corrected chi connectivity index (χ2v) is 6.02. The topological polar surface area (TPSA) is 59.9 Å². The van der Waals surface area contributed by atoms with Gasteiger partial charge in [-0.05, 0) is 36.8 Å². The van der Waals surface area contributed by atoms with Crippen molar-refractivity contribution in [2.75, 3.05) is 14.2 Å². The number of hydrogen-bond acceptors (Lipinski definition) is 4. The molecule has 1 N–H and O–H groups in total. The van der Waals surface area contributed by atoms with Crippen molar-refractivity contribution in [2.45, 2.75) is 13.3 Å². The number of carbonyl (C=O) groups is 1. The average molecular weight is 391 g/mol. The summed E-state index contributed by atoms with van der Waals surface area (Å²) in [6.45, 7) is 1.81. The third-order valence-corrected chi connectivity index (χ3v) is 3.95. The van der Waals surface area contributed by atoms with E-state index in [0.717, 1.165) is 15.6 Å². The van der Waals surface area contributed by atoms with Crippen molar-refractivity contribution >= 4 is 27.5 Å². The summed E-state index contributed by atoms with van der Waals surface area (Å²) >= 11 is 3.37. The summed E-state index contributed by atoms with van der Waals surface area (Å²) in [4.78, 5) is 12.0. The number of rotatable bonds is 6. The molecule has 0 saturated heterocycles. The zero-order valence-electron chi connectivity index (χ0n) is 13.8. The van der Waals surface area contributed by atoms with E-state index in [9.17, 15) is 4.79 Å². The Morgan fingerprint density at radius 1 is 1.12 bits per heavy atom. The molecule has 2 aromatic rings. The molecule has 0 saturated carbocycles. The maximum atomic E-state index is 12.0. The highest BCUT2D eigenvalue weighted by atomic mass is 79.9. The molecular formula is C18H19BrN2O3.